The summed E-state index contributed by atoms with van der Waals surface area (Å²) in [5, 5.41) is 69.2. The Hall–Kier alpha value is -0.400. The summed E-state index contributed by atoms with van der Waals surface area (Å²) in [4.78, 5) is 2.07. The zero-order valence-electron chi connectivity index (χ0n) is 19.5. The van der Waals surface area contributed by atoms with Crippen molar-refractivity contribution in [1.82, 2.24) is 4.90 Å². The fourth-order valence-electron chi connectivity index (χ4n) is 10.6. The molecule has 0 aromatic carbocycles. The maximum absolute atomic E-state index is 12.4. The quantitative estimate of drug-likeness (QED) is 0.253. The summed E-state index contributed by atoms with van der Waals surface area (Å²) in [5.41, 5.74) is -5.19. The number of fused-ring (bicyclic) bond motifs is 2. The van der Waals surface area contributed by atoms with Crippen molar-refractivity contribution in [3.05, 3.63) is 0 Å². The van der Waals surface area contributed by atoms with Crippen LogP contribution < -0.4 is 0 Å². The molecule has 6 aliphatic rings. The van der Waals surface area contributed by atoms with Gasteiger partial charge in [0.2, 0.25) is 0 Å². The first-order valence-corrected chi connectivity index (χ1v) is 12.0. The first-order valence-electron chi connectivity index (χ1n) is 12.0. The van der Waals surface area contributed by atoms with Crippen LogP contribution in [0.3, 0.4) is 0 Å². The Balaban J connectivity index is 1.68. The van der Waals surface area contributed by atoms with Crippen molar-refractivity contribution in [2.45, 2.75) is 66.7 Å². The standard InChI is InChI=1S/C23H37NO9/c1-24-7-20(8-25)10(26)5-11(31-2)22-9-6-21(29)17(27)12(9)23(30,18(28)19(21)33-4)13(16(22)24)14(32-3)15(20)22/h9-19,25-30H,5-8H2,1-4H3/t9?,10-,11+,12?,13?,14+,15?,16-,17-,18+,19+,20+,21-,22+,23-/m1/s1. The number of methoxy groups -OCH3 is 3. The molecule has 15 atom stereocenters. The van der Waals surface area contributed by atoms with Gasteiger partial charge in [0.05, 0.1) is 31.0 Å². The van der Waals surface area contributed by atoms with Crippen LogP contribution in [0.15, 0.2) is 0 Å². The Morgan fingerprint density at radius 2 is 1.67 bits per heavy atom. The summed E-state index contributed by atoms with van der Waals surface area (Å²) in [6, 6.07) is -0.310. The minimum Gasteiger partial charge on any atom is -0.396 e. The van der Waals surface area contributed by atoms with Crippen molar-refractivity contribution in [3.63, 3.8) is 0 Å². The molecule has 0 amide bonds. The minimum atomic E-state index is -1.80. The van der Waals surface area contributed by atoms with Crippen molar-refractivity contribution in [2.24, 2.45) is 34.5 Å². The first kappa shape index (κ1) is 23.0. The predicted molar refractivity (Wildman–Crippen MR) is 112 cm³/mol. The topological polar surface area (TPSA) is 152 Å². The monoisotopic (exact) mass is 471 g/mol. The third kappa shape index (κ3) is 2.04. The summed E-state index contributed by atoms with van der Waals surface area (Å²) < 4.78 is 17.7. The van der Waals surface area contributed by atoms with Crippen molar-refractivity contribution in [3.8, 4) is 0 Å². The molecule has 0 aromatic rings. The van der Waals surface area contributed by atoms with Crippen LogP contribution >= 0.6 is 0 Å². The molecule has 33 heavy (non-hydrogen) atoms. The van der Waals surface area contributed by atoms with E-state index < -0.39 is 82.3 Å². The number of ether oxygens (including phenoxy) is 3. The molecule has 1 saturated heterocycles. The Morgan fingerprint density at radius 3 is 2.24 bits per heavy atom. The molecule has 6 fully saturated rings. The molecule has 1 heterocycles. The Labute approximate surface area is 193 Å². The van der Waals surface area contributed by atoms with E-state index in [4.69, 9.17) is 14.2 Å². The van der Waals surface area contributed by atoms with E-state index in [9.17, 15) is 30.6 Å². The van der Waals surface area contributed by atoms with Gasteiger partial charge in [-0.05, 0) is 19.4 Å². The SMILES string of the molecule is CO[C@H]1C2[C@H]3N(C)C[C@@]4(CO)C1[C@]3(C1C[C@@]3(O)[C@H](O)C1[C@]2(O)[C@@H](O)[C@@H]3OC)[C@@H](OC)C[C@H]4O. The molecule has 4 unspecified atom stereocenters. The Bertz CT molecular complexity index is 847. The highest BCUT2D eigenvalue weighted by atomic mass is 16.5. The molecular formula is C23H37NO9. The van der Waals surface area contributed by atoms with Gasteiger partial charge in [0, 0.05) is 68.9 Å². The number of nitrogens with zero attached hydrogens (tertiary/aromatic N) is 1. The summed E-state index contributed by atoms with van der Waals surface area (Å²) in [6.45, 7) is 0.130. The number of aliphatic hydroxyl groups is 6. The number of piperidine rings is 1. The van der Waals surface area contributed by atoms with Gasteiger partial charge in [0.1, 0.15) is 23.4 Å². The van der Waals surface area contributed by atoms with Crippen LogP contribution in [0.25, 0.3) is 0 Å². The van der Waals surface area contributed by atoms with Crippen molar-refractivity contribution < 1.29 is 44.8 Å². The molecule has 1 spiro atoms. The highest BCUT2D eigenvalue weighted by molar-refractivity contribution is 5.39. The van der Waals surface area contributed by atoms with Crippen LogP contribution in [0.2, 0.25) is 0 Å². The molecule has 0 radical (unpaired) electrons. The summed E-state index contributed by atoms with van der Waals surface area (Å²) in [6.07, 6.45) is -5.44. The fourth-order valence-corrected chi connectivity index (χ4v) is 10.6. The van der Waals surface area contributed by atoms with Gasteiger partial charge in [0.25, 0.3) is 0 Å². The predicted octanol–water partition coefficient (Wildman–Crippen LogP) is -2.83. The molecule has 10 nitrogen and oxygen atoms in total. The van der Waals surface area contributed by atoms with Crippen LogP contribution in [0.1, 0.15) is 12.8 Å². The average Bonchev–Trinajstić information content (AvgIpc) is 3.16. The second kappa shape index (κ2) is 6.67. The molecule has 1 aliphatic heterocycles. The highest BCUT2D eigenvalue weighted by Gasteiger charge is 2.90. The molecule has 5 saturated carbocycles. The summed E-state index contributed by atoms with van der Waals surface area (Å²) in [7, 11) is 6.43. The van der Waals surface area contributed by atoms with E-state index in [2.05, 4.69) is 4.90 Å². The number of likely N-dealkylation sites (tertiary alicyclic amines) is 1. The second-order valence-electron chi connectivity index (χ2n) is 11.7. The van der Waals surface area contributed by atoms with E-state index in [-0.39, 0.29) is 19.1 Å². The summed E-state index contributed by atoms with van der Waals surface area (Å²) >= 11 is 0. The van der Waals surface area contributed by atoms with E-state index in [1.807, 2.05) is 7.05 Å². The lowest BCUT2D eigenvalue weighted by Gasteiger charge is -2.69. The van der Waals surface area contributed by atoms with Crippen molar-refractivity contribution in [1.29, 1.82) is 0 Å². The lowest BCUT2D eigenvalue weighted by molar-refractivity contribution is -0.319. The fraction of sp³-hybridized carbons (Fsp3) is 1.00. The molecule has 7 bridgehead atoms. The molecule has 6 rings (SSSR count). The summed E-state index contributed by atoms with van der Waals surface area (Å²) in [5.74, 6) is -2.33. The van der Waals surface area contributed by atoms with Crippen molar-refractivity contribution >= 4 is 0 Å². The Kier molecular flexibility index (Phi) is 4.65. The van der Waals surface area contributed by atoms with Gasteiger partial charge in [-0.1, -0.05) is 0 Å². The van der Waals surface area contributed by atoms with Gasteiger partial charge < -0.3 is 49.7 Å². The largest absolute Gasteiger partial charge is 0.396 e. The average molecular weight is 472 g/mol. The maximum atomic E-state index is 12.4. The maximum Gasteiger partial charge on any atom is 0.120 e. The normalized spacial score (nSPS) is 65.5. The zero-order chi connectivity index (χ0) is 23.9. The number of hydrogen-bond donors (Lipinski definition) is 6. The van der Waals surface area contributed by atoms with Gasteiger partial charge in [-0.2, -0.15) is 0 Å². The first-order chi connectivity index (χ1) is 15.6. The third-order valence-electron chi connectivity index (χ3n) is 11.3. The van der Waals surface area contributed by atoms with Gasteiger partial charge >= 0.3 is 0 Å². The van der Waals surface area contributed by atoms with Crippen LogP contribution in [0.4, 0.5) is 0 Å². The number of hydrogen-bond acceptors (Lipinski definition) is 10. The molecular weight excluding hydrogens is 434 g/mol. The Morgan fingerprint density at radius 1 is 0.970 bits per heavy atom. The van der Waals surface area contributed by atoms with Crippen molar-refractivity contribution in [2.75, 3.05) is 41.5 Å². The van der Waals surface area contributed by atoms with E-state index in [1.54, 1.807) is 14.2 Å². The van der Waals surface area contributed by atoms with Gasteiger partial charge in [-0.3, -0.25) is 0 Å². The van der Waals surface area contributed by atoms with E-state index >= 15 is 0 Å². The molecule has 5 aliphatic carbocycles. The highest BCUT2D eigenvalue weighted by Crippen LogP contribution is 2.79. The molecule has 6 N–H and O–H groups in total. The minimum absolute atomic E-state index is 0.109. The number of rotatable bonds is 4. The lowest BCUT2D eigenvalue weighted by Crippen LogP contribution is -2.80. The third-order valence-corrected chi connectivity index (χ3v) is 11.3. The lowest BCUT2D eigenvalue weighted by atomic mass is 9.42. The molecule has 0 aromatic heterocycles. The van der Waals surface area contributed by atoms with E-state index in [0.29, 0.717) is 13.0 Å². The van der Waals surface area contributed by atoms with E-state index in [1.165, 1.54) is 7.11 Å². The van der Waals surface area contributed by atoms with Crippen LogP contribution in [-0.2, 0) is 14.2 Å². The molecule has 188 valence electrons. The second-order valence-corrected chi connectivity index (χ2v) is 11.7. The van der Waals surface area contributed by atoms with Gasteiger partial charge in [-0.25, -0.2) is 0 Å². The van der Waals surface area contributed by atoms with Crippen LogP contribution in [-0.4, -0.2) is 131 Å². The van der Waals surface area contributed by atoms with E-state index in [0.717, 1.165) is 0 Å². The molecule has 10 heteroatoms. The smallest absolute Gasteiger partial charge is 0.120 e. The van der Waals surface area contributed by atoms with Crippen LogP contribution in [0.5, 0.6) is 0 Å². The van der Waals surface area contributed by atoms with Crippen LogP contribution in [0, 0.1) is 34.5 Å². The number of aliphatic hydroxyl groups excluding tert-OH is 4. The van der Waals surface area contributed by atoms with Gasteiger partial charge in [0.15, 0.2) is 0 Å². The zero-order valence-corrected chi connectivity index (χ0v) is 19.5. The van der Waals surface area contributed by atoms with Gasteiger partial charge in [-0.15, -0.1) is 0 Å².